The zero-order valence-corrected chi connectivity index (χ0v) is 17.2. The molecule has 28 heavy (non-hydrogen) atoms. The third kappa shape index (κ3) is 2.98. The van der Waals surface area contributed by atoms with Gasteiger partial charge < -0.3 is 14.2 Å². The molecule has 2 atom stereocenters. The number of hydrogen-bond donors (Lipinski definition) is 0. The minimum Gasteiger partial charge on any atom is -0.381 e. The molecule has 1 amide bonds. The highest BCUT2D eigenvalue weighted by Crippen LogP contribution is 2.46. The predicted octanol–water partition coefficient (Wildman–Crippen LogP) is 2.25. The molecule has 0 aromatic carbocycles. The van der Waals surface area contributed by atoms with Crippen LogP contribution in [-0.2, 0) is 10.2 Å². The summed E-state index contributed by atoms with van der Waals surface area (Å²) < 4.78 is 11.2. The highest BCUT2D eigenvalue weighted by molar-refractivity contribution is 7.13. The fraction of sp³-hybridized carbons (Fsp3) is 0.650. The van der Waals surface area contributed by atoms with Gasteiger partial charge in [-0.3, -0.25) is 9.69 Å². The SMILES string of the molecule is Cc1noc([C@]23CN(C(=O)c4ccc(C)s4)C[C@H]2CN(C2CCOCC2)C3)n1. The Kier molecular flexibility index (Phi) is 4.52. The maximum Gasteiger partial charge on any atom is 0.263 e. The first kappa shape index (κ1) is 18.3. The fourth-order valence-corrected chi connectivity index (χ4v) is 5.93. The summed E-state index contributed by atoms with van der Waals surface area (Å²) in [5.74, 6) is 1.80. The number of aromatic nitrogens is 2. The predicted molar refractivity (Wildman–Crippen MR) is 105 cm³/mol. The Morgan fingerprint density at radius 2 is 2.04 bits per heavy atom. The van der Waals surface area contributed by atoms with Crippen LogP contribution in [0.5, 0.6) is 0 Å². The quantitative estimate of drug-likeness (QED) is 0.784. The second kappa shape index (κ2) is 6.93. The molecule has 7 nitrogen and oxygen atoms in total. The number of hydrogen-bond acceptors (Lipinski definition) is 7. The van der Waals surface area contributed by atoms with Crippen LogP contribution in [-0.4, -0.2) is 71.3 Å². The highest BCUT2D eigenvalue weighted by atomic mass is 32.1. The molecule has 5 heterocycles. The van der Waals surface area contributed by atoms with Crippen LogP contribution in [0.1, 0.15) is 39.1 Å². The van der Waals surface area contributed by atoms with Crippen LogP contribution in [0.4, 0.5) is 0 Å². The van der Waals surface area contributed by atoms with Crippen molar-refractivity contribution in [3.8, 4) is 0 Å². The lowest BCUT2D eigenvalue weighted by Crippen LogP contribution is -2.44. The number of carbonyl (C=O) groups excluding carboxylic acids is 1. The summed E-state index contributed by atoms with van der Waals surface area (Å²) in [7, 11) is 0. The molecule has 0 radical (unpaired) electrons. The lowest BCUT2D eigenvalue weighted by molar-refractivity contribution is 0.0369. The van der Waals surface area contributed by atoms with E-state index in [0.29, 0.717) is 30.2 Å². The largest absolute Gasteiger partial charge is 0.381 e. The normalized spacial score (nSPS) is 28.8. The maximum absolute atomic E-state index is 13.1. The summed E-state index contributed by atoms with van der Waals surface area (Å²) >= 11 is 1.57. The van der Waals surface area contributed by atoms with Gasteiger partial charge in [0.05, 0.1) is 10.3 Å². The fourth-order valence-electron chi connectivity index (χ4n) is 5.09. The average molecular weight is 403 g/mol. The number of ether oxygens (including phenoxy) is 1. The van der Waals surface area contributed by atoms with Gasteiger partial charge in [-0.15, -0.1) is 11.3 Å². The minimum atomic E-state index is -0.262. The molecule has 150 valence electrons. The number of amides is 1. The van der Waals surface area contributed by atoms with Crippen LogP contribution >= 0.6 is 11.3 Å². The second-order valence-corrected chi connectivity index (χ2v) is 9.66. The Labute approximate surface area is 168 Å². The van der Waals surface area contributed by atoms with Crippen LogP contribution in [0, 0.1) is 19.8 Å². The lowest BCUT2D eigenvalue weighted by atomic mass is 9.81. The third-order valence-electron chi connectivity index (χ3n) is 6.53. The van der Waals surface area contributed by atoms with Crippen molar-refractivity contribution in [2.24, 2.45) is 5.92 Å². The summed E-state index contributed by atoms with van der Waals surface area (Å²) in [5.41, 5.74) is -0.262. The number of likely N-dealkylation sites (tertiary alicyclic amines) is 2. The van der Waals surface area contributed by atoms with Crippen molar-refractivity contribution in [1.29, 1.82) is 0 Å². The van der Waals surface area contributed by atoms with Gasteiger partial charge in [-0.2, -0.15) is 4.98 Å². The first-order valence-electron chi connectivity index (χ1n) is 10.0. The number of fused-ring (bicyclic) bond motifs is 1. The Bertz CT molecular complexity index is 874. The molecule has 0 unspecified atom stereocenters. The molecule has 0 bridgehead atoms. The molecule has 0 saturated carbocycles. The summed E-state index contributed by atoms with van der Waals surface area (Å²) in [6, 6.07) is 4.50. The Balaban J connectivity index is 1.42. The van der Waals surface area contributed by atoms with E-state index in [0.717, 1.165) is 55.4 Å². The van der Waals surface area contributed by atoms with E-state index in [1.54, 1.807) is 11.3 Å². The summed E-state index contributed by atoms with van der Waals surface area (Å²) in [6.07, 6.45) is 2.14. The molecule has 3 aliphatic heterocycles. The van der Waals surface area contributed by atoms with Crippen molar-refractivity contribution in [1.82, 2.24) is 19.9 Å². The molecule has 3 fully saturated rings. The van der Waals surface area contributed by atoms with Gasteiger partial charge in [0.2, 0.25) is 5.89 Å². The van der Waals surface area contributed by atoms with Crippen molar-refractivity contribution < 1.29 is 14.1 Å². The van der Waals surface area contributed by atoms with Crippen molar-refractivity contribution in [3.63, 3.8) is 0 Å². The van der Waals surface area contributed by atoms with E-state index in [-0.39, 0.29) is 11.3 Å². The smallest absolute Gasteiger partial charge is 0.263 e. The number of aryl methyl sites for hydroxylation is 2. The molecular formula is C20H26N4O3S. The van der Waals surface area contributed by atoms with Gasteiger partial charge in [0, 0.05) is 56.2 Å². The van der Waals surface area contributed by atoms with Gasteiger partial charge in [-0.05, 0) is 38.8 Å². The van der Waals surface area contributed by atoms with E-state index >= 15 is 0 Å². The van der Waals surface area contributed by atoms with E-state index < -0.39 is 0 Å². The number of nitrogens with zero attached hydrogens (tertiary/aromatic N) is 4. The standard InChI is InChI=1S/C20H26N4O3S/c1-13-3-4-17(28-13)18(25)24-10-15-9-23(16-5-7-26-8-6-16)11-20(15,12-24)19-21-14(2)22-27-19/h3-4,15-16H,5-12H2,1-2H3/t15-,20-/m1/s1. The Morgan fingerprint density at radius 1 is 1.21 bits per heavy atom. The third-order valence-corrected chi connectivity index (χ3v) is 7.52. The van der Waals surface area contributed by atoms with Crippen LogP contribution in [0.25, 0.3) is 0 Å². The Hall–Kier alpha value is -1.77. The van der Waals surface area contributed by atoms with Crippen LogP contribution < -0.4 is 0 Å². The van der Waals surface area contributed by atoms with E-state index in [4.69, 9.17) is 9.26 Å². The van der Waals surface area contributed by atoms with E-state index in [9.17, 15) is 4.79 Å². The molecule has 5 rings (SSSR count). The molecule has 0 aliphatic carbocycles. The van der Waals surface area contributed by atoms with Gasteiger partial charge in [0.15, 0.2) is 5.82 Å². The zero-order valence-electron chi connectivity index (χ0n) is 16.4. The van der Waals surface area contributed by atoms with E-state index in [1.807, 2.05) is 30.9 Å². The van der Waals surface area contributed by atoms with Crippen LogP contribution in [0.2, 0.25) is 0 Å². The van der Waals surface area contributed by atoms with Gasteiger partial charge in [0.25, 0.3) is 5.91 Å². The van der Waals surface area contributed by atoms with Crippen molar-refractivity contribution >= 4 is 17.2 Å². The average Bonchev–Trinajstić information content (AvgIpc) is 3.44. The highest BCUT2D eigenvalue weighted by Gasteiger charge is 2.58. The van der Waals surface area contributed by atoms with Crippen LogP contribution in [0.3, 0.4) is 0 Å². The monoisotopic (exact) mass is 402 g/mol. The van der Waals surface area contributed by atoms with Gasteiger partial charge >= 0.3 is 0 Å². The first-order valence-corrected chi connectivity index (χ1v) is 10.8. The number of carbonyl (C=O) groups is 1. The summed E-state index contributed by atoms with van der Waals surface area (Å²) in [5, 5.41) is 4.06. The van der Waals surface area contributed by atoms with Gasteiger partial charge in [-0.25, -0.2) is 0 Å². The summed E-state index contributed by atoms with van der Waals surface area (Å²) in [6.45, 7) is 8.80. The molecule has 0 N–H and O–H groups in total. The maximum atomic E-state index is 13.1. The van der Waals surface area contributed by atoms with Gasteiger partial charge in [0.1, 0.15) is 0 Å². The molecule has 3 aliphatic rings. The molecular weight excluding hydrogens is 376 g/mol. The molecule has 0 spiro atoms. The van der Waals surface area contributed by atoms with Gasteiger partial charge in [-0.1, -0.05) is 5.16 Å². The molecule has 2 aromatic heterocycles. The topological polar surface area (TPSA) is 71.7 Å². The molecule has 2 aromatic rings. The number of thiophene rings is 1. The minimum absolute atomic E-state index is 0.126. The lowest BCUT2D eigenvalue weighted by Gasteiger charge is -2.33. The van der Waals surface area contributed by atoms with Crippen LogP contribution in [0.15, 0.2) is 16.7 Å². The molecule has 3 saturated heterocycles. The Morgan fingerprint density at radius 3 is 2.71 bits per heavy atom. The first-order chi connectivity index (χ1) is 13.5. The van der Waals surface area contributed by atoms with Crippen molar-refractivity contribution in [2.45, 2.75) is 38.1 Å². The second-order valence-electron chi connectivity index (χ2n) is 8.37. The van der Waals surface area contributed by atoms with E-state index in [1.165, 1.54) is 0 Å². The van der Waals surface area contributed by atoms with Crippen molar-refractivity contribution in [2.75, 3.05) is 39.4 Å². The number of rotatable bonds is 3. The summed E-state index contributed by atoms with van der Waals surface area (Å²) in [4.78, 5) is 24.3. The van der Waals surface area contributed by atoms with Crippen molar-refractivity contribution in [3.05, 3.63) is 33.6 Å². The zero-order chi connectivity index (χ0) is 19.3. The van der Waals surface area contributed by atoms with E-state index in [2.05, 4.69) is 15.0 Å². The molecule has 8 heteroatoms.